The van der Waals surface area contributed by atoms with Gasteiger partial charge in [0.15, 0.2) is 0 Å². The minimum Gasteiger partial charge on any atom is -0.375 e. The second-order valence-electron chi connectivity index (χ2n) is 15.1. The highest BCUT2D eigenvalue weighted by Crippen LogP contribution is 2.31. The Labute approximate surface area is 339 Å². The van der Waals surface area contributed by atoms with Crippen molar-refractivity contribution in [1.29, 1.82) is 0 Å². The third kappa shape index (κ3) is 28.0. The molecule has 7 unspecified atom stereocenters. The van der Waals surface area contributed by atoms with Crippen LogP contribution in [-0.4, -0.2) is 82.8 Å². The lowest BCUT2D eigenvalue weighted by molar-refractivity contribution is 0.146. The number of rotatable bonds is 19. The number of aryl methyl sites for hydroxylation is 1. The second kappa shape index (κ2) is 38.8. The fourth-order valence-corrected chi connectivity index (χ4v) is 6.93. The van der Waals surface area contributed by atoms with Crippen LogP contribution in [0, 0.1) is 36.5 Å². The molecule has 0 amide bonds. The average molecular weight is 755 g/mol. The molecule has 0 saturated carbocycles. The van der Waals surface area contributed by atoms with Crippen LogP contribution in [0.3, 0.4) is 0 Å². The molecule has 6 N–H and O–H groups in total. The topological polar surface area (TPSA) is 82.6 Å². The highest BCUT2D eigenvalue weighted by Gasteiger charge is 2.30. The van der Waals surface area contributed by atoms with E-state index in [0.29, 0.717) is 42.3 Å². The zero-order valence-electron chi connectivity index (χ0n) is 38.4. The van der Waals surface area contributed by atoms with Gasteiger partial charge in [0, 0.05) is 37.4 Å². The lowest BCUT2D eigenvalue weighted by Crippen LogP contribution is -2.42. The molecule has 1 aliphatic rings. The first kappa shape index (κ1) is 58.2. The summed E-state index contributed by atoms with van der Waals surface area (Å²) in [5.41, 5.74) is 13.8. The van der Waals surface area contributed by atoms with Gasteiger partial charge in [0.05, 0.1) is 0 Å². The summed E-state index contributed by atoms with van der Waals surface area (Å²) in [7, 11) is 9.79. The largest absolute Gasteiger partial charge is 0.375 e. The molecule has 316 valence electrons. The van der Waals surface area contributed by atoms with Crippen LogP contribution in [0.25, 0.3) is 0 Å². The Bertz CT molecular complexity index is 1020. The highest BCUT2D eigenvalue weighted by molar-refractivity contribution is 5.11. The quantitative estimate of drug-likeness (QED) is 0.105. The predicted octanol–water partition coefficient (Wildman–Crippen LogP) is 10.5. The molecule has 1 aromatic carbocycles. The van der Waals surface area contributed by atoms with E-state index in [0.717, 1.165) is 37.0 Å². The third-order valence-corrected chi connectivity index (χ3v) is 10.4. The lowest BCUT2D eigenvalue weighted by Gasteiger charge is -2.40. The van der Waals surface area contributed by atoms with Crippen molar-refractivity contribution in [2.45, 2.75) is 125 Å². The minimum absolute atomic E-state index is 0.468. The Morgan fingerprint density at radius 3 is 1.80 bits per heavy atom. The Hall–Kier alpha value is -2.48. The van der Waals surface area contributed by atoms with Gasteiger partial charge in [0.1, 0.15) is 0 Å². The molecule has 1 fully saturated rings. The number of nitrogens with two attached hydrogens (primary N) is 2. The van der Waals surface area contributed by atoms with Crippen molar-refractivity contribution >= 4 is 0 Å². The zero-order chi connectivity index (χ0) is 42.6. The molecule has 0 radical (unpaired) electrons. The van der Waals surface area contributed by atoms with E-state index in [1.165, 1.54) is 56.8 Å². The number of hydrogen-bond acceptors (Lipinski definition) is 6. The number of likely N-dealkylation sites (N-methyl/N-ethyl adjacent to an activating group) is 2. The van der Waals surface area contributed by atoms with E-state index in [4.69, 9.17) is 5.73 Å². The number of likely N-dealkylation sites (tertiary alicyclic amines) is 1. The van der Waals surface area contributed by atoms with Crippen LogP contribution in [0.4, 0.5) is 0 Å². The van der Waals surface area contributed by atoms with Crippen molar-refractivity contribution in [1.82, 2.24) is 20.4 Å². The van der Waals surface area contributed by atoms with Crippen molar-refractivity contribution in [2.75, 3.05) is 54.9 Å². The van der Waals surface area contributed by atoms with Gasteiger partial charge in [-0.2, -0.15) is 0 Å². The molecule has 1 saturated heterocycles. The first-order valence-electron chi connectivity index (χ1n) is 20.8. The van der Waals surface area contributed by atoms with Gasteiger partial charge < -0.3 is 31.9 Å². The molecular formula is C48H94N6. The van der Waals surface area contributed by atoms with Crippen molar-refractivity contribution in [2.24, 2.45) is 41.1 Å². The maximum atomic E-state index is 5.64. The Balaban J connectivity index is -0.000000303. The van der Waals surface area contributed by atoms with E-state index in [9.17, 15) is 0 Å². The Morgan fingerprint density at radius 1 is 0.963 bits per heavy atom. The lowest BCUT2D eigenvalue weighted by atomic mass is 9.82. The monoisotopic (exact) mass is 755 g/mol. The molecule has 1 aromatic rings. The van der Waals surface area contributed by atoms with Crippen LogP contribution in [0.5, 0.6) is 0 Å². The molecule has 7 atom stereocenters. The van der Waals surface area contributed by atoms with E-state index < -0.39 is 0 Å². The smallest absolute Gasteiger partial charge is 0.0339 e. The number of benzene rings is 1. The third-order valence-electron chi connectivity index (χ3n) is 10.4. The van der Waals surface area contributed by atoms with Crippen LogP contribution < -0.4 is 22.1 Å². The summed E-state index contributed by atoms with van der Waals surface area (Å²) in [6.07, 6.45) is 14.5. The minimum atomic E-state index is 0.468. The Kier molecular flexibility index (Phi) is 41.8. The standard InChI is InChI=1S/C16H32N2.C12H23N.C7H15N.C7H8.C5H11N.CH5N/c1-7-10-15(9-3)16(13(4)8-2)18(6)14(5)11-12-17;1-5-10(3)11(6-2)12-8-7-9-13(12)4;1-5-7(8-4)6(2)3;1-7-5-3-2-4-6-7;1-5(2)4-6-3;1-2/h7,13,15-16H,1,5,8-12,17H2,2-4,6H3;5,10-12H,1,6-9H2,2-4H3;5-8H,1H2,2-4H3;2-6H,1H3;6H,1,4H2,2-3H3;2H2,1H3. The number of nitrogens with zero attached hydrogens (tertiary/aromatic N) is 2. The summed E-state index contributed by atoms with van der Waals surface area (Å²) in [4.78, 5) is 4.88. The van der Waals surface area contributed by atoms with Crippen molar-refractivity contribution in [3.8, 4) is 0 Å². The van der Waals surface area contributed by atoms with Gasteiger partial charge in [-0.05, 0) is 110 Å². The van der Waals surface area contributed by atoms with Crippen LogP contribution in [0.15, 0.2) is 92.7 Å². The number of allylic oxidation sites excluding steroid dienone is 2. The fourth-order valence-electron chi connectivity index (χ4n) is 6.93. The van der Waals surface area contributed by atoms with Crippen molar-refractivity contribution in [3.05, 3.63) is 98.3 Å². The molecule has 0 spiro atoms. The summed E-state index contributed by atoms with van der Waals surface area (Å²) in [5.74, 6) is 3.43. The average Bonchev–Trinajstić information content (AvgIpc) is 3.58. The van der Waals surface area contributed by atoms with Crippen molar-refractivity contribution in [3.63, 3.8) is 0 Å². The molecule has 2 rings (SSSR count). The summed E-state index contributed by atoms with van der Waals surface area (Å²) in [5, 5.41) is 6.10. The van der Waals surface area contributed by atoms with Crippen LogP contribution in [-0.2, 0) is 0 Å². The summed E-state index contributed by atoms with van der Waals surface area (Å²) in [6.45, 7) is 42.1. The van der Waals surface area contributed by atoms with E-state index in [1.54, 1.807) is 0 Å². The van der Waals surface area contributed by atoms with Crippen LogP contribution in [0.2, 0.25) is 0 Å². The SMILES string of the molecule is C=C(C)CNC.C=CC(C)C(CC)C1CCCN1C.C=CC(NC)C(C)C.C=CCC(CC)C(C(C)CC)N(C)C(=C)CCN.CN.Cc1ccccc1. The van der Waals surface area contributed by atoms with E-state index >= 15 is 0 Å². The van der Waals surface area contributed by atoms with Crippen LogP contribution >= 0.6 is 0 Å². The first-order valence-corrected chi connectivity index (χ1v) is 20.8. The van der Waals surface area contributed by atoms with Crippen LogP contribution in [0.1, 0.15) is 106 Å². The van der Waals surface area contributed by atoms with Gasteiger partial charge in [0.2, 0.25) is 0 Å². The van der Waals surface area contributed by atoms with Gasteiger partial charge in [-0.15, -0.1) is 19.7 Å². The van der Waals surface area contributed by atoms with Crippen molar-refractivity contribution < 1.29 is 0 Å². The fraction of sp³-hybridized carbons (Fsp3) is 0.667. The van der Waals surface area contributed by atoms with Gasteiger partial charge in [0.25, 0.3) is 0 Å². The van der Waals surface area contributed by atoms with E-state index in [1.807, 2.05) is 51.4 Å². The number of hydrogen-bond donors (Lipinski definition) is 4. The molecule has 54 heavy (non-hydrogen) atoms. The van der Waals surface area contributed by atoms with Gasteiger partial charge in [-0.3, -0.25) is 0 Å². The number of nitrogens with one attached hydrogen (secondary N) is 2. The molecule has 1 aliphatic heterocycles. The zero-order valence-corrected chi connectivity index (χ0v) is 38.4. The highest BCUT2D eigenvalue weighted by atomic mass is 15.2. The van der Waals surface area contributed by atoms with E-state index in [-0.39, 0.29) is 0 Å². The van der Waals surface area contributed by atoms with Gasteiger partial charge in [-0.25, -0.2) is 0 Å². The summed E-state index contributed by atoms with van der Waals surface area (Å²) >= 11 is 0. The molecule has 6 nitrogen and oxygen atoms in total. The maximum absolute atomic E-state index is 5.64. The normalized spacial score (nSPS) is 16.4. The predicted molar refractivity (Wildman–Crippen MR) is 249 cm³/mol. The maximum Gasteiger partial charge on any atom is 0.0339 e. The summed E-state index contributed by atoms with van der Waals surface area (Å²) in [6, 6.07) is 12.1. The molecule has 0 aliphatic carbocycles. The molecular weight excluding hydrogens is 661 g/mol. The molecule has 0 bridgehead atoms. The summed E-state index contributed by atoms with van der Waals surface area (Å²) < 4.78 is 0. The van der Waals surface area contributed by atoms with Gasteiger partial charge >= 0.3 is 0 Å². The van der Waals surface area contributed by atoms with Gasteiger partial charge in [-0.1, -0.05) is 141 Å². The van der Waals surface area contributed by atoms with E-state index in [2.05, 4.69) is 147 Å². The molecule has 6 heteroatoms. The Morgan fingerprint density at radius 2 is 1.54 bits per heavy atom. The molecule has 1 heterocycles. The molecule has 0 aromatic heterocycles. The second-order valence-corrected chi connectivity index (χ2v) is 15.1. The first-order chi connectivity index (χ1) is 25.6.